The van der Waals surface area contributed by atoms with Crippen molar-refractivity contribution in [1.82, 2.24) is 30.3 Å². The minimum Gasteiger partial charge on any atom is -0.331 e. The molecule has 27 heavy (non-hydrogen) atoms. The Morgan fingerprint density at radius 1 is 1.22 bits per heavy atom. The van der Waals surface area contributed by atoms with Gasteiger partial charge in [-0.25, -0.2) is 9.78 Å². The summed E-state index contributed by atoms with van der Waals surface area (Å²) in [5.74, 6) is 0.446. The largest absolute Gasteiger partial charge is 0.331 e. The van der Waals surface area contributed by atoms with Crippen molar-refractivity contribution >= 4 is 22.8 Å². The summed E-state index contributed by atoms with van der Waals surface area (Å²) in [5.41, 5.74) is 3.50. The highest BCUT2D eigenvalue weighted by molar-refractivity contribution is 5.95. The Morgan fingerprint density at radius 3 is 2.78 bits per heavy atom. The van der Waals surface area contributed by atoms with Crippen LogP contribution in [0.5, 0.6) is 0 Å². The van der Waals surface area contributed by atoms with E-state index >= 15 is 0 Å². The number of carbonyl (C=O) groups excluding carboxylic acids is 1. The van der Waals surface area contributed by atoms with Gasteiger partial charge >= 0.3 is 6.03 Å². The number of amides is 2. The predicted octanol–water partition coefficient (Wildman–Crippen LogP) is 3.24. The number of anilines is 1. The van der Waals surface area contributed by atoms with Crippen molar-refractivity contribution in [2.75, 3.05) is 5.32 Å². The summed E-state index contributed by atoms with van der Waals surface area (Å²) in [4.78, 5) is 16.6. The van der Waals surface area contributed by atoms with Crippen LogP contribution in [0.15, 0.2) is 55.0 Å². The Kier molecular flexibility index (Phi) is 4.29. The van der Waals surface area contributed by atoms with E-state index in [1.807, 2.05) is 50.5 Å². The Hall–Kier alpha value is -3.68. The molecule has 0 saturated heterocycles. The molecule has 0 radical (unpaired) electrons. The number of carbonyl (C=O) groups is 1. The fourth-order valence-corrected chi connectivity index (χ4v) is 2.92. The highest BCUT2D eigenvalue weighted by Crippen LogP contribution is 2.26. The Labute approximate surface area is 155 Å². The van der Waals surface area contributed by atoms with Crippen molar-refractivity contribution in [3.63, 3.8) is 0 Å². The van der Waals surface area contributed by atoms with Crippen LogP contribution in [-0.2, 0) is 7.05 Å². The number of H-pyrrole nitrogens is 1. The summed E-state index contributed by atoms with van der Waals surface area (Å²) in [5, 5.41) is 18.0. The van der Waals surface area contributed by atoms with Crippen LogP contribution in [0.3, 0.4) is 0 Å². The summed E-state index contributed by atoms with van der Waals surface area (Å²) in [7, 11) is 1.85. The van der Waals surface area contributed by atoms with E-state index in [9.17, 15) is 4.79 Å². The van der Waals surface area contributed by atoms with E-state index in [-0.39, 0.29) is 12.1 Å². The van der Waals surface area contributed by atoms with Gasteiger partial charge in [-0.3, -0.25) is 15.1 Å². The molecule has 1 atom stereocenters. The minimum absolute atomic E-state index is 0.112. The second-order valence-electron chi connectivity index (χ2n) is 6.32. The number of nitrogens with zero attached hydrogens (tertiary/aromatic N) is 4. The van der Waals surface area contributed by atoms with Gasteiger partial charge in [-0.1, -0.05) is 30.3 Å². The highest BCUT2D eigenvalue weighted by atomic mass is 16.2. The number of benzene rings is 1. The zero-order valence-corrected chi connectivity index (χ0v) is 15.0. The summed E-state index contributed by atoms with van der Waals surface area (Å²) in [6.45, 7) is 1.93. The lowest BCUT2D eigenvalue weighted by Crippen LogP contribution is -2.31. The van der Waals surface area contributed by atoms with E-state index in [1.165, 1.54) is 0 Å². The predicted molar refractivity (Wildman–Crippen MR) is 103 cm³/mol. The molecule has 3 N–H and O–H groups in total. The first-order valence-corrected chi connectivity index (χ1v) is 8.56. The van der Waals surface area contributed by atoms with Gasteiger partial charge in [-0.2, -0.15) is 10.2 Å². The van der Waals surface area contributed by atoms with E-state index in [0.29, 0.717) is 5.82 Å². The molecule has 0 saturated carbocycles. The third kappa shape index (κ3) is 3.50. The molecule has 0 bridgehead atoms. The molecule has 0 unspecified atom stereocenters. The number of hydrogen-bond donors (Lipinski definition) is 3. The first-order chi connectivity index (χ1) is 13.1. The molecule has 4 aromatic rings. The van der Waals surface area contributed by atoms with Crippen LogP contribution in [0.25, 0.3) is 22.2 Å². The van der Waals surface area contributed by atoms with Crippen molar-refractivity contribution in [1.29, 1.82) is 0 Å². The topological polar surface area (TPSA) is 101 Å². The molecule has 1 aromatic carbocycles. The number of pyridine rings is 1. The maximum Gasteiger partial charge on any atom is 0.320 e. The van der Waals surface area contributed by atoms with Crippen molar-refractivity contribution in [3.8, 4) is 11.3 Å². The van der Waals surface area contributed by atoms with Gasteiger partial charge in [0.2, 0.25) is 0 Å². The number of rotatable bonds is 4. The van der Waals surface area contributed by atoms with Gasteiger partial charge in [0, 0.05) is 36.5 Å². The maximum atomic E-state index is 12.3. The van der Waals surface area contributed by atoms with Gasteiger partial charge in [0.05, 0.1) is 17.8 Å². The molecular formula is C19H19N7O. The SMILES string of the molecule is C[C@@H](NC(=O)Nc1cc2[nH]nc(-c3cnn(C)c3)c2cn1)c1ccccc1. The van der Waals surface area contributed by atoms with Gasteiger partial charge in [-0.05, 0) is 12.5 Å². The van der Waals surface area contributed by atoms with Crippen molar-refractivity contribution in [2.24, 2.45) is 7.05 Å². The summed E-state index contributed by atoms with van der Waals surface area (Å²) < 4.78 is 1.72. The molecule has 3 heterocycles. The number of aromatic nitrogens is 5. The second-order valence-corrected chi connectivity index (χ2v) is 6.32. The van der Waals surface area contributed by atoms with Crippen LogP contribution in [0.2, 0.25) is 0 Å². The number of nitrogens with one attached hydrogen (secondary N) is 3. The number of aromatic amines is 1. The van der Waals surface area contributed by atoms with Crippen LogP contribution < -0.4 is 10.6 Å². The molecule has 0 aliphatic rings. The van der Waals surface area contributed by atoms with Gasteiger partial charge < -0.3 is 5.32 Å². The molecule has 0 aliphatic heterocycles. The molecule has 2 amide bonds. The van der Waals surface area contributed by atoms with Crippen molar-refractivity contribution in [2.45, 2.75) is 13.0 Å². The maximum absolute atomic E-state index is 12.3. The summed E-state index contributed by atoms with van der Waals surface area (Å²) in [6.07, 6.45) is 5.33. The average molecular weight is 361 g/mol. The summed E-state index contributed by atoms with van der Waals surface area (Å²) in [6, 6.07) is 11.1. The van der Waals surface area contributed by atoms with E-state index in [2.05, 4.69) is 30.9 Å². The second kappa shape index (κ2) is 6.91. The van der Waals surface area contributed by atoms with Crippen LogP contribution in [0.4, 0.5) is 10.6 Å². The van der Waals surface area contributed by atoms with Crippen LogP contribution in [-0.4, -0.2) is 31.0 Å². The Balaban J connectivity index is 1.49. The zero-order valence-electron chi connectivity index (χ0n) is 15.0. The number of aryl methyl sites for hydroxylation is 1. The highest BCUT2D eigenvalue weighted by Gasteiger charge is 2.13. The molecule has 0 spiro atoms. The van der Waals surface area contributed by atoms with E-state index in [4.69, 9.17) is 0 Å². The molecule has 8 heteroatoms. The van der Waals surface area contributed by atoms with E-state index in [0.717, 1.165) is 27.7 Å². The molecule has 0 fully saturated rings. The number of urea groups is 1. The van der Waals surface area contributed by atoms with Gasteiger partial charge in [0.1, 0.15) is 11.5 Å². The van der Waals surface area contributed by atoms with Crippen LogP contribution in [0, 0.1) is 0 Å². The number of hydrogen-bond acceptors (Lipinski definition) is 4. The average Bonchev–Trinajstić information content (AvgIpc) is 3.27. The molecular weight excluding hydrogens is 342 g/mol. The molecule has 136 valence electrons. The minimum atomic E-state index is -0.315. The Bertz CT molecular complexity index is 1080. The number of fused-ring (bicyclic) bond motifs is 1. The lowest BCUT2D eigenvalue weighted by atomic mass is 10.1. The van der Waals surface area contributed by atoms with Crippen LogP contribution >= 0.6 is 0 Å². The van der Waals surface area contributed by atoms with Gasteiger partial charge in [0.25, 0.3) is 0 Å². The van der Waals surface area contributed by atoms with E-state index < -0.39 is 0 Å². The standard InChI is InChI=1S/C19H19N7O/c1-12(13-6-4-3-5-7-13)22-19(27)23-17-8-16-15(10-20-17)18(25-24-16)14-9-21-26(2)11-14/h3-12H,1-2H3,(H,24,25)(H2,20,22,23,27)/t12-/m1/s1. The fourth-order valence-electron chi connectivity index (χ4n) is 2.92. The fraction of sp³-hybridized carbons (Fsp3) is 0.158. The third-order valence-corrected chi connectivity index (χ3v) is 4.31. The monoisotopic (exact) mass is 361 g/mol. The van der Waals surface area contributed by atoms with Crippen molar-refractivity contribution in [3.05, 3.63) is 60.6 Å². The molecule has 3 aromatic heterocycles. The smallest absolute Gasteiger partial charge is 0.320 e. The summed E-state index contributed by atoms with van der Waals surface area (Å²) >= 11 is 0. The zero-order chi connectivity index (χ0) is 18.8. The lowest BCUT2D eigenvalue weighted by molar-refractivity contribution is 0.249. The molecule has 8 nitrogen and oxygen atoms in total. The first-order valence-electron chi connectivity index (χ1n) is 8.56. The first kappa shape index (κ1) is 16.8. The lowest BCUT2D eigenvalue weighted by Gasteiger charge is -2.14. The quantitative estimate of drug-likeness (QED) is 0.519. The molecule has 4 rings (SSSR count). The Morgan fingerprint density at radius 2 is 2.04 bits per heavy atom. The normalized spacial score (nSPS) is 12.1. The molecule has 0 aliphatic carbocycles. The van der Waals surface area contributed by atoms with Gasteiger partial charge in [-0.15, -0.1) is 0 Å². The van der Waals surface area contributed by atoms with Gasteiger partial charge in [0.15, 0.2) is 0 Å². The van der Waals surface area contributed by atoms with E-state index in [1.54, 1.807) is 23.1 Å². The third-order valence-electron chi connectivity index (χ3n) is 4.31. The van der Waals surface area contributed by atoms with Crippen LogP contribution in [0.1, 0.15) is 18.5 Å². The van der Waals surface area contributed by atoms with Crippen molar-refractivity contribution < 1.29 is 4.79 Å².